The number of hydrogen-bond acceptors (Lipinski definition) is 5. The molecule has 1 atom stereocenters. The highest BCUT2D eigenvalue weighted by molar-refractivity contribution is 5.76. The maximum atomic E-state index is 12.3. The first kappa shape index (κ1) is 18.0. The van der Waals surface area contributed by atoms with Crippen LogP contribution in [0.3, 0.4) is 0 Å². The Labute approximate surface area is 151 Å². The number of amides is 1. The summed E-state index contributed by atoms with van der Waals surface area (Å²) in [6, 6.07) is 2.05. The van der Waals surface area contributed by atoms with Crippen molar-refractivity contribution in [3.8, 4) is 0 Å². The molecule has 1 aromatic rings. The van der Waals surface area contributed by atoms with Crippen LogP contribution in [0.4, 0.5) is 11.6 Å². The number of rotatable bonds is 7. The zero-order chi connectivity index (χ0) is 17.5. The van der Waals surface area contributed by atoms with Gasteiger partial charge in [0.25, 0.3) is 0 Å². The van der Waals surface area contributed by atoms with Crippen LogP contribution in [0.15, 0.2) is 12.4 Å². The Morgan fingerprint density at radius 3 is 2.88 bits per heavy atom. The van der Waals surface area contributed by atoms with Crippen molar-refractivity contribution >= 4 is 17.5 Å². The number of anilines is 2. The average molecular weight is 345 g/mol. The molecule has 6 nitrogen and oxygen atoms in total. The second kappa shape index (κ2) is 9.02. The van der Waals surface area contributed by atoms with Crippen molar-refractivity contribution in [3.63, 3.8) is 0 Å². The molecule has 0 bridgehead atoms. The molecular weight excluding hydrogens is 314 g/mol. The molecule has 1 N–H and O–H groups in total. The molecule has 3 heterocycles. The highest BCUT2D eigenvalue weighted by atomic mass is 16.2. The van der Waals surface area contributed by atoms with Gasteiger partial charge in [-0.05, 0) is 44.4 Å². The van der Waals surface area contributed by atoms with E-state index in [2.05, 4.69) is 27.1 Å². The molecule has 2 aliphatic heterocycles. The summed E-state index contributed by atoms with van der Waals surface area (Å²) >= 11 is 0. The lowest BCUT2D eigenvalue weighted by atomic mass is 9.93. The lowest BCUT2D eigenvalue weighted by Crippen LogP contribution is -2.37. The van der Waals surface area contributed by atoms with Crippen molar-refractivity contribution in [1.82, 2.24) is 14.9 Å². The number of carbonyl (C=O) groups excluding carboxylic acids is 1. The Hall–Kier alpha value is -1.85. The summed E-state index contributed by atoms with van der Waals surface area (Å²) < 4.78 is 0. The number of piperidine rings is 1. The van der Waals surface area contributed by atoms with E-state index in [-0.39, 0.29) is 0 Å². The van der Waals surface area contributed by atoms with Crippen LogP contribution in [0, 0.1) is 5.92 Å². The minimum Gasteiger partial charge on any atom is -0.370 e. The molecule has 0 aliphatic carbocycles. The maximum absolute atomic E-state index is 12.3. The maximum Gasteiger partial charge on any atom is 0.222 e. The highest BCUT2D eigenvalue weighted by Gasteiger charge is 2.24. The first-order valence-corrected chi connectivity index (χ1v) is 9.85. The molecule has 2 fully saturated rings. The van der Waals surface area contributed by atoms with Gasteiger partial charge in [0.15, 0.2) is 0 Å². The lowest BCUT2D eigenvalue weighted by Gasteiger charge is -2.33. The minimum atomic E-state index is 0.350. The molecule has 25 heavy (non-hydrogen) atoms. The van der Waals surface area contributed by atoms with Gasteiger partial charge in [-0.2, -0.15) is 0 Å². The molecule has 0 aromatic carbocycles. The standard InChI is InChI=1S/C19H31N5O/c1-2-9-20-17-13-18(22-15-21-17)24-12-5-6-16(14-24)7-8-19(25)23-10-3-4-11-23/h13,15-16H,2-12,14H2,1H3,(H,20,21,22). The van der Waals surface area contributed by atoms with Gasteiger partial charge in [-0.1, -0.05) is 6.92 Å². The second-order valence-electron chi connectivity index (χ2n) is 7.27. The van der Waals surface area contributed by atoms with E-state index < -0.39 is 0 Å². The van der Waals surface area contributed by atoms with Crippen molar-refractivity contribution in [2.45, 2.75) is 51.9 Å². The molecule has 1 aromatic heterocycles. The number of nitrogens with one attached hydrogen (secondary N) is 1. The minimum absolute atomic E-state index is 0.350. The smallest absolute Gasteiger partial charge is 0.222 e. The highest BCUT2D eigenvalue weighted by Crippen LogP contribution is 2.26. The van der Waals surface area contributed by atoms with Crippen molar-refractivity contribution < 1.29 is 4.79 Å². The van der Waals surface area contributed by atoms with Crippen molar-refractivity contribution in [2.75, 3.05) is 42.9 Å². The molecule has 0 radical (unpaired) electrons. The third-order valence-electron chi connectivity index (χ3n) is 5.28. The van der Waals surface area contributed by atoms with Crippen LogP contribution in [-0.4, -0.2) is 53.5 Å². The van der Waals surface area contributed by atoms with Crippen molar-refractivity contribution in [2.24, 2.45) is 5.92 Å². The summed E-state index contributed by atoms with van der Waals surface area (Å²) in [4.78, 5) is 25.4. The van der Waals surface area contributed by atoms with Gasteiger partial charge in [0, 0.05) is 45.2 Å². The van der Waals surface area contributed by atoms with Gasteiger partial charge in [0.1, 0.15) is 18.0 Å². The van der Waals surface area contributed by atoms with Crippen LogP contribution in [0.2, 0.25) is 0 Å². The third kappa shape index (κ3) is 5.06. The van der Waals surface area contributed by atoms with Gasteiger partial charge in [-0.3, -0.25) is 4.79 Å². The Morgan fingerprint density at radius 1 is 1.24 bits per heavy atom. The topological polar surface area (TPSA) is 61.4 Å². The SMILES string of the molecule is CCCNc1cc(N2CCCC(CCC(=O)N3CCCC3)C2)ncn1. The van der Waals surface area contributed by atoms with Crippen LogP contribution < -0.4 is 10.2 Å². The van der Waals surface area contributed by atoms with E-state index in [1.165, 1.54) is 25.7 Å². The summed E-state index contributed by atoms with van der Waals surface area (Å²) in [5.41, 5.74) is 0. The molecule has 2 saturated heterocycles. The Balaban J connectivity index is 1.51. The number of carbonyl (C=O) groups is 1. The average Bonchev–Trinajstić information content (AvgIpc) is 3.20. The number of aromatic nitrogens is 2. The molecule has 1 amide bonds. The van der Waals surface area contributed by atoms with Crippen LogP contribution in [-0.2, 0) is 4.79 Å². The first-order chi connectivity index (χ1) is 12.3. The van der Waals surface area contributed by atoms with E-state index in [0.29, 0.717) is 18.2 Å². The molecular formula is C19H31N5O. The summed E-state index contributed by atoms with van der Waals surface area (Å²) in [5, 5.41) is 3.33. The summed E-state index contributed by atoms with van der Waals surface area (Å²) in [5.74, 6) is 2.84. The molecule has 2 aliphatic rings. The number of hydrogen-bond donors (Lipinski definition) is 1. The van der Waals surface area contributed by atoms with Crippen LogP contribution in [0.1, 0.15) is 51.9 Å². The fourth-order valence-corrected chi connectivity index (χ4v) is 3.83. The zero-order valence-corrected chi connectivity index (χ0v) is 15.4. The van der Waals surface area contributed by atoms with E-state index >= 15 is 0 Å². The van der Waals surface area contributed by atoms with Gasteiger partial charge in [0.05, 0.1) is 0 Å². The van der Waals surface area contributed by atoms with Gasteiger partial charge >= 0.3 is 0 Å². The second-order valence-corrected chi connectivity index (χ2v) is 7.27. The Kier molecular flexibility index (Phi) is 6.48. The van der Waals surface area contributed by atoms with E-state index in [9.17, 15) is 4.79 Å². The van der Waals surface area contributed by atoms with Gasteiger partial charge < -0.3 is 15.1 Å². The van der Waals surface area contributed by atoms with Crippen molar-refractivity contribution in [1.29, 1.82) is 0 Å². The van der Waals surface area contributed by atoms with E-state index in [4.69, 9.17) is 0 Å². The number of likely N-dealkylation sites (tertiary alicyclic amines) is 1. The number of nitrogens with zero attached hydrogens (tertiary/aromatic N) is 4. The summed E-state index contributed by atoms with van der Waals surface area (Å²) in [6.45, 7) is 7.04. The molecule has 138 valence electrons. The summed E-state index contributed by atoms with van der Waals surface area (Å²) in [7, 11) is 0. The van der Waals surface area contributed by atoms with E-state index in [1.807, 2.05) is 11.0 Å². The largest absolute Gasteiger partial charge is 0.370 e. The first-order valence-electron chi connectivity index (χ1n) is 9.85. The van der Waals surface area contributed by atoms with E-state index in [1.54, 1.807) is 6.33 Å². The lowest BCUT2D eigenvalue weighted by molar-refractivity contribution is -0.130. The molecule has 6 heteroatoms. The fraction of sp³-hybridized carbons (Fsp3) is 0.737. The van der Waals surface area contributed by atoms with Gasteiger partial charge in [-0.15, -0.1) is 0 Å². The molecule has 3 rings (SSSR count). The third-order valence-corrected chi connectivity index (χ3v) is 5.28. The fourth-order valence-electron chi connectivity index (χ4n) is 3.83. The molecule has 0 saturated carbocycles. The summed E-state index contributed by atoms with van der Waals surface area (Å²) in [6.07, 6.45) is 9.16. The molecule has 0 spiro atoms. The Bertz CT molecular complexity index is 559. The monoisotopic (exact) mass is 345 g/mol. The predicted octanol–water partition coefficient (Wildman–Crippen LogP) is 2.92. The predicted molar refractivity (Wildman–Crippen MR) is 101 cm³/mol. The van der Waals surface area contributed by atoms with Crippen molar-refractivity contribution in [3.05, 3.63) is 12.4 Å². The van der Waals surface area contributed by atoms with Gasteiger partial charge in [-0.25, -0.2) is 9.97 Å². The quantitative estimate of drug-likeness (QED) is 0.823. The van der Waals surface area contributed by atoms with Crippen LogP contribution >= 0.6 is 0 Å². The van der Waals surface area contributed by atoms with Gasteiger partial charge in [0.2, 0.25) is 5.91 Å². The van der Waals surface area contributed by atoms with Crippen LogP contribution in [0.5, 0.6) is 0 Å². The van der Waals surface area contributed by atoms with E-state index in [0.717, 1.165) is 57.2 Å². The zero-order valence-electron chi connectivity index (χ0n) is 15.4. The Morgan fingerprint density at radius 2 is 2.08 bits per heavy atom. The van der Waals surface area contributed by atoms with Crippen LogP contribution in [0.25, 0.3) is 0 Å². The molecule has 1 unspecified atom stereocenters. The normalized spacial score (nSPS) is 20.8.